The summed E-state index contributed by atoms with van der Waals surface area (Å²) in [5.41, 5.74) is -0.0197. The Morgan fingerprint density at radius 1 is 1.62 bits per heavy atom. The second-order valence-corrected chi connectivity index (χ2v) is 3.44. The molecule has 0 saturated heterocycles. The summed E-state index contributed by atoms with van der Waals surface area (Å²) in [7, 11) is 0. The van der Waals surface area contributed by atoms with Gasteiger partial charge in [0.25, 0.3) is 0 Å². The fourth-order valence-electron chi connectivity index (χ4n) is 0.913. The summed E-state index contributed by atoms with van der Waals surface area (Å²) in [4.78, 5) is 0. The van der Waals surface area contributed by atoms with E-state index in [9.17, 15) is 4.39 Å². The van der Waals surface area contributed by atoms with Gasteiger partial charge in [0.15, 0.2) is 5.82 Å². The van der Waals surface area contributed by atoms with Crippen LogP contribution in [-0.2, 0) is 0 Å². The normalized spacial score (nSPS) is 9.38. The minimum absolute atomic E-state index is 0.0197. The maximum atomic E-state index is 13.3. The van der Waals surface area contributed by atoms with E-state index >= 15 is 0 Å². The summed E-state index contributed by atoms with van der Waals surface area (Å²) in [5, 5.41) is 8.68. The molecule has 1 aromatic carbocycles. The Morgan fingerprint density at radius 2 is 2.31 bits per heavy atom. The molecule has 1 aromatic rings. The van der Waals surface area contributed by atoms with E-state index in [2.05, 4.69) is 0 Å². The molecular weight excluding hydrogens is 284 g/mol. The highest BCUT2D eigenvalue weighted by Gasteiger charge is 2.11. The number of hydrogen-bond donors (Lipinski definition) is 0. The van der Waals surface area contributed by atoms with Crippen molar-refractivity contribution in [2.45, 2.75) is 6.92 Å². The van der Waals surface area contributed by atoms with E-state index in [-0.39, 0.29) is 5.56 Å². The Balaban J connectivity index is 3.23. The molecule has 0 aliphatic heterocycles. The van der Waals surface area contributed by atoms with Crippen molar-refractivity contribution in [3.63, 3.8) is 0 Å². The number of hydrogen-bond acceptors (Lipinski definition) is 2. The van der Waals surface area contributed by atoms with Crippen LogP contribution < -0.4 is 4.74 Å². The van der Waals surface area contributed by atoms with Crippen molar-refractivity contribution in [3.8, 4) is 11.8 Å². The van der Waals surface area contributed by atoms with Gasteiger partial charge in [0, 0.05) is 0 Å². The van der Waals surface area contributed by atoms with Gasteiger partial charge in [0.1, 0.15) is 17.4 Å². The number of ether oxygens (including phenoxy) is 1. The molecule has 0 amide bonds. The molecule has 0 aromatic heterocycles. The van der Waals surface area contributed by atoms with Gasteiger partial charge in [-0.15, -0.1) is 0 Å². The smallest absolute Gasteiger partial charge is 0.158 e. The lowest BCUT2D eigenvalue weighted by molar-refractivity contribution is 0.337. The van der Waals surface area contributed by atoms with E-state index in [1.807, 2.05) is 22.6 Å². The topological polar surface area (TPSA) is 33.0 Å². The van der Waals surface area contributed by atoms with E-state index in [1.54, 1.807) is 25.1 Å². The molecule has 0 unspecified atom stereocenters. The van der Waals surface area contributed by atoms with Crippen LogP contribution in [0.15, 0.2) is 12.1 Å². The van der Waals surface area contributed by atoms with Gasteiger partial charge < -0.3 is 4.74 Å². The first kappa shape index (κ1) is 10.3. The summed E-state index contributed by atoms with van der Waals surface area (Å²) in [6.07, 6.45) is 0. The lowest BCUT2D eigenvalue weighted by Crippen LogP contribution is -1.98. The van der Waals surface area contributed by atoms with Gasteiger partial charge in [-0.25, -0.2) is 4.39 Å². The Morgan fingerprint density at radius 3 is 2.85 bits per heavy atom. The average molecular weight is 291 g/mol. The molecule has 0 aliphatic carbocycles. The fraction of sp³-hybridized carbons (Fsp3) is 0.222. The first-order valence-electron chi connectivity index (χ1n) is 3.71. The zero-order valence-electron chi connectivity index (χ0n) is 6.97. The monoisotopic (exact) mass is 291 g/mol. The van der Waals surface area contributed by atoms with E-state index < -0.39 is 5.82 Å². The largest absolute Gasteiger partial charge is 0.492 e. The summed E-state index contributed by atoms with van der Waals surface area (Å²) < 4.78 is 18.8. The lowest BCUT2D eigenvalue weighted by Gasteiger charge is -2.06. The Labute approximate surface area is 89.5 Å². The average Bonchev–Trinajstić information content (AvgIpc) is 2.12. The molecule has 0 radical (unpaired) electrons. The summed E-state index contributed by atoms with van der Waals surface area (Å²) in [5.74, 6) is -0.197. The highest BCUT2D eigenvalue weighted by atomic mass is 127. The molecule has 0 spiro atoms. The molecular formula is C9H7FINO. The first-order chi connectivity index (χ1) is 6.20. The molecule has 0 bridgehead atoms. The van der Waals surface area contributed by atoms with Crippen molar-refractivity contribution in [2.75, 3.05) is 6.61 Å². The van der Waals surface area contributed by atoms with Gasteiger partial charge >= 0.3 is 0 Å². The minimum atomic E-state index is -0.506. The Hall–Kier alpha value is -0.830. The summed E-state index contributed by atoms with van der Waals surface area (Å²) in [6.45, 7) is 2.21. The van der Waals surface area contributed by atoms with Crippen molar-refractivity contribution in [2.24, 2.45) is 0 Å². The maximum Gasteiger partial charge on any atom is 0.158 e. The first-order valence-corrected chi connectivity index (χ1v) is 4.79. The van der Waals surface area contributed by atoms with Crippen LogP contribution in [-0.4, -0.2) is 6.61 Å². The highest BCUT2D eigenvalue weighted by Crippen LogP contribution is 2.24. The molecule has 0 aliphatic rings. The standard InChI is InChI=1S/C9H7FINO/c1-2-13-8-4-3-7(11)9(10)6(8)5-12/h3-4H,2H2,1H3. The molecule has 4 heteroatoms. The van der Waals surface area contributed by atoms with Crippen LogP contribution >= 0.6 is 22.6 Å². The predicted octanol–water partition coefficient (Wildman–Crippen LogP) is 2.70. The van der Waals surface area contributed by atoms with Crippen LogP contribution in [0, 0.1) is 20.7 Å². The molecule has 0 N–H and O–H groups in total. The van der Waals surface area contributed by atoms with E-state index in [0.717, 1.165) is 0 Å². The minimum Gasteiger partial charge on any atom is -0.492 e. The third-order valence-electron chi connectivity index (χ3n) is 1.47. The second kappa shape index (κ2) is 4.42. The van der Waals surface area contributed by atoms with Gasteiger partial charge in [-0.3, -0.25) is 0 Å². The van der Waals surface area contributed by atoms with Gasteiger partial charge in [-0.1, -0.05) is 0 Å². The molecule has 0 saturated carbocycles. The highest BCUT2D eigenvalue weighted by molar-refractivity contribution is 14.1. The van der Waals surface area contributed by atoms with Gasteiger partial charge in [-0.05, 0) is 41.6 Å². The maximum absolute atomic E-state index is 13.3. The summed E-state index contributed by atoms with van der Waals surface area (Å²) in [6, 6.07) is 4.97. The van der Waals surface area contributed by atoms with Crippen LogP contribution in [0.25, 0.3) is 0 Å². The third kappa shape index (κ3) is 2.10. The van der Waals surface area contributed by atoms with Crippen LogP contribution in [0.1, 0.15) is 12.5 Å². The van der Waals surface area contributed by atoms with E-state index in [1.165, 1.54) is 0 Å². The van der Waals surface area contributed by atoms with Gasteiger partial charge in [0.2, 0.25) is 0 Å². The molecule has 2 nitrogen and oxygen atoms in total. The molecule has 1 rings (SSSR count). The number of halogens is 2. The molecule has 0 atom stereocenters. The Bertz CT molecular complexity index is 359. The van der Waals surface area contributed by atoms with Gasteiger partial charge in [-0.2, -0.15) is 5.26 Å². The van der Waals surface area contributed by atoms with Gasteiger partial charge in [0.05, 0.1) is 10.2 Å². The van der Waals surface area contributed by atoms with Crippen molar-refractivity contribution >= 4 is 22.6 Å². The van der Waals surface area contributed by atoms with Crippen molar-refractivity contribution in [1.29, 1.82) is 5.26 Å². The SMILES string of the molecule is CCOc1ccc(I)c(F)c1C#N. The molecule has 13 heavy (non-hydrogen) atoms. The third-order valence-corrected chi connectivity index (χ3v) is 2.30. The van der Waals surface area contributed by atoms with E-state index in [4.69, 9.17) is 10.00 Å². The van der Waals surface area contributed by atoms with Crippen molar-refractivity contribution < 1.29 is 9.13 Å². The quantitative estimate of drug-likeness (QED) is 0.785. The van der Waals surface area contributed by atoms with Crippen molar-refractivity contribution in [3.05, 3.63) is 27.1 Å². The zero-order chi connectivity index (χ0) is 9.84. The van der Waals surface area contributed by atoms with Crippen LogP contribution in [0.4, 0.5) is 4.39 Å². The van der Waals surface area contributed by atoms with Crippen LogP contribution in [0.2, 0.25) is 0 Å². The number of nitrogens with zero attached hydrogens (tertiary/aromatic N) is 1. The summed E-state index contributed by atoms with van der Waals surface area (Å²) >= 11 is 1.84. The molecule has 0 fully saturated rings. The second-order valence-electron chi connectivity index (χ2n) is 2.28. The lowest BCUT2D eigenvalue weighted by atomic mass is 10.2. The number of nitriles is 1. The fourth-order valence-corrected chi connectivity index (χ4v) is 1.36. The zero-order valence-corrected chi connectivity index (χ0v) is 9.13. The van der Waals surface area contributed by atoms with Crippen LogP contribution in [0.5, 0.6) is 5.75 Å². The van der Waals surface area contributed by atoms with Crippen LogP contribution in [0.3, 0.4) is 0 Å². The number of benzene rings is 1. The molecule has 68 valence electrons. The number of rotatable bonds is 2. The predicted molar refractivity (Wildman–Crippen MR) is 55.0 cm³/mol. The Kier molecular flexibility index (Phi) is 3.48. The molecule has 0 heterocycles. The van der Waals surface area contributed by atoms with Crippen molar-refractivity contribution in [1.82, 2.24) is 0 Å². The van der Waals surface area contributed by atoms with E-state index in [0.29, 0.717) is 15.9 Å².